The molecule has 28 heavy (non-hydrogen) atoms. The molecule has 2 amide bonds. The minimum absolute atomic E-state index is 0.0555. The molecular weight excluding hydrogens is 379 g/mol. The molecule has 1 aromatic heterocycles. The first-order chi connectivity index (χ1) is 13.5. The predicted octanol–water partition coefficient (Wildman–Crippen LogP) is 3.28. The summed E-state index contributed by atoms with van der Waals surface area (Å²) in [6, 6.07) is 13.6. The minimum atomic E-state index is -0.491. The van der Waals surface area contributed by atoms with Crippen molar-refractivity contribution in [3.05, 3.63) is 70.4 Å². The maximum Gasteiger partial charge on any atom is 0.259 e. The number of carbonyl (C=O) groups is 2. The molecule has 3 aromatic rings. The van der Waals surface area contributed by atoms with Gasteiger partial charge in [-0.15, -0.1) is 11.3 Å². The quantitative estimate of drug-likeness (QED) is 0.733. The number of amides is 2. The number of benzene rings is 2. The summed E-state index contributed by atoms with van der Waals surface area (Å²) in [6.45, 7) is 1.20. The highest BCUT2D eigenvalue weighted by Crippen LogP contribution is 2.38. The van der Waals surface area contributed by atoms with Gasteiger partial charge in [-0.2, -0.15) is 0 Å². The van der Waals surface area contributed by atoms with Gasteiger partial charge in [0.05, 0.1) is 24.4 Å². The summed E-state index contributed by atoms with van der Waals surface area (Å²) in [4.78, 5) is 26.9. The molecule has 144 valence electrons. The lowest BCUT2D eigenvalue weighted by Gasteiger charge is -2.33. The Kier molecular flexibility index (Phi) is 5.11. The fraction of sp³-hybridized carbons (Fsp3) is 0.238. The number of nitrogens with two attached hydrogens (primary N) is 1. The Hall–Kier alpha value is -2.77. The van der Waals surface area contributed by atoms with Gasteiger partial charge in [0.25, 0.3) is 5.91 Å². The van der Waals surface area contributed by atoms with Crippen molar-refractivity contribution in [2.24, 2.45) is 5.73 Å². The van der Waals surface area contributed by atoms with E-state index in [-0.39, 0.29) is 18.1 Å². The topological polar surface area (TPSA) is 72.6 Å². The number of fused-ring (bicyclic) bond motifs is 1. The van der Waals surface area contributed by atoms with Gasteiger partial charge < -0.3 is 15.4 Å². The number of hydrogen-bond acceptors (Lipinski definition) is 4. The zero-order valence-corrected chi connectivity index (χ0v) is 15.9. The molecule has 1 atom stereocenters. The molecule has 4 rings (SSSR count). The van der Waals surface area contributed by atoms with E-state index in [1.54, 1.807) is 17.0 Å². The van der Waals surface area contributed by atoms with Gasteiger partial charge in [0, 0.05) is 16.8 Å². The number of rotatable bonds is 4. The van der Waals surface area contributed by atoms with Crippen LogP contribution in [0.4, 0.5) is 4.39 Å². The number of ether oxygens (including phenoxy) is 1. The Labute approximate surface area is 165 Å². The van der Waals surface area contributed by atoms with E-state index < -0.39 is 12.0 Å². The Morgan fingerprint density at radius 3 is 2.68 bits per heavy atom. The van der Waals surface area contributed by atoms with Crippen LogP contribution in [0.25, 0.3) is 10.1 Å². The van der Waals surface area contributed by atoms with Crippen molar-refractivity contribution in [3.8, 4) is 0 Å². The molecule has 1 saturated heterocycles. The second-order valence-corrected chi connectivity index (χ2v) is 7.76. The van der Waals surface area contributed by atoms with Crippen LogP contribution in [0.2, 0.25) is 0 Å². The van der Waals surface area contributed by atoms with Gasteiger partial charge in [0.2, 0.25) is 5.91 Å². The number of halogens is 1. The third kappa shape index (κ3) is 3.63. The zero-order valence-electron chi connectivity index (χ0n) is 15.1. The maximum atomic E-state index is 13.1. The van der Waals surface area contributed by atoms with E-state index >= 15 is 0 Å². The van der Waals surface area contributed by atoms with Gasteiger partial charge in [0.15, 0.2) is 0 Å². The van der Waals surface area contributed by atoms with Crippen LogP contribution >= 0.6 is 11.3 Å². The van der Waals surface area contributed by atoms with Crippen molar-refractivity contribution >= 4 is 33.2 Å². The van der Waals surface area contributed by atoms with Crippen LogP contribution in [-0.2, 0) is 16.0 Å². The van der Waals surface area contributed by atoms with Crippen LogP contribution in [0, 0.1) is 5.82 Å². The Morgan fingerprint density at radius 1 is 1.18 bits per heavy atom. The average molecular weight is 398 g/mol. The molecule has 5 nitrogen and oxygen atoms in total. The summed E-state index contributed by atoms with van der Waals surface area (Å²) in [7, 11) is 0. The van der Waals surface area contributed by atoms with Crippen LogP contribution in [-0.4, -0.2) is 36.4 Å². The third-order valence-corrected chi connectivity index (χ3v) is 6.07. The van der Waals surface area contributed by atoms with E-state index in [0.29, 0.717) is 24.6 Å². The van der Waals surface area contributed by atoms with Crippen molar-refractivity contribution in [3.63, 3.8) is 0 Å². The minimum Gasteiger partial charge on any atom is -0.370 e. The third-order valence-electron chi connectivity index (χ3n) is 4.87. The van der Waals surface area contributed by atoms with Crippen LogP contribution < -0.4 is 5.73 Å². The lowest BCUT2D eigenvalue weighted by molar-refractivity contribution is -0.138. The summed E-state index contributed by atoms with van der Waals surface area (Å²) in [5.74, 6) is -0.874. The second kappa shape index (κ2) is 7.69. The second-order valence-electron chi connectivity index (χ2n) is 6.71. The number of hydrogen-bond donors (Lipinski definition) is 1. The average Bonchev–Trinajstić information content (AvgIpc) is 3.10. The van der Waals surface area contributed by atoms with Crippen molar-refractivity contribution in [2.75, 3.05) is 19.7 Å². The molecule has 0 bridgehead atoms. The van der Waals surface area contributed by atoms with Gasteiger partial charge in [0.1, 0.15) is 11.9 Å². The smallest absolute Gasteiger partial charge is 0.259 e. The lowest BCUT2D eigenvalue weighted by atomic mass is 10.0. The number of nitrogens with zero attached hydrogens (tertiary/aromatic N) is 1. The van der Waals surface area contributed by atoms with Gasteiger partial charge in [-0.05, 0) is 29.1 Å². The molecule has 2 N–H and O–H groups in total. The van der Waals surface area contributed by atoms with E-state index in [1.807, 2.05) is 24.3 Å². The highest BCUT2D eigenvalue weighted by molar-refractivity contribution is 7.21. The van der Waals surface area contributed by atoms with Crippen molar-refractivity contribution < 1.29 is 18.7 Å². The summed E-state index contributed by atoms with van der Waals surface area (Å²) in [6.07, 6.45) is -0.218. The monoisotopic (exact) mass is 398 g/mol. The molecule has 2 heterocycles. The summed E-state index contributed by atoms with van der Waals surface area (Å²) >= 11 is 1.35. The molecule has 1 aliphatic heterocycles. The Balaban J connectivity index is 1.58. The largest absolute Gasteiger partial charge is 0.370 e. The van der Waals surface area contributed by atoms with Gasteiger partial charge in [-0.1, -0.05) is 30.3 Å². The molecule has 0 saturated carbocycles. The Bertz CT molecular complexity index is 1030. The SMILES string of the molecule is NC(=O)c1sc2ccccc2c1[C@@H]1CN(C(=O)Cc2ccc(F)cc2)CCO1. The highest BCUT2D eigenvalue weighted by atomic mass is 32.1. The van der Waals surface area contributed by atoms with Gasteiger partial charge in [-0.3, -0.25) is 9.59 Å². The molecule has 1 aliphatic rings. The van der Waals surface area contributed by atoms with Crippen molar-refractivity contribution in [1.82, 2.24) is 4.90 Å². The van der Waals surface area contributed by atoms with E-state index in [9.17, 15) is 14.0 Å². The number of morpholine rings is 1. The standard InChI is InChI=1S/C21H19FN2O3S/c22-14-7-5-13(6-8-14)11-18(25)24-9-10-27-16(12-24)19-15-3-1-2-4-17(15)28-20(19)21(23)26/h1-8,16H,9-12H2,(H2,23,26)/t16-/m0/s1. The van der Waals surface area contributed by atoms with Crippen LogP contribution in [0.3, 0.4) is 0 Å². The molecule has 7 heteroatoms. The zero-order chi connectivity index (χ0) is 19.7. The fourth-order valence-electron chi connectivity index (χ4n) is 3.51. The molecule has 0 spiro atoms. The predicted molar refractivity (Wildman–Crippen MR) is 106 cm³/mol. The van der Waals surface area contributed by atoms with Gasteiger partial charge >= 0.3 is 0 Å². The molecule has 0 unspecified atom stereocenters. The molecule has 0 radical (unpaired) electrons. The number of carbonyl (C=O) groups excluding carboxylic acids is 2. The lowest BCUT2D eigenvalue weighted by Crippen LogP contribution is -2.43. The normalized spacial score (nSPS) is 17.0. The molecular formula is C21H19FN2O3S. The van der Waals surface area contributed by atoms with Gasteiger partial charge in [-0.25, -0.2) is 4.39 Å². The molecule has 0 aliphatic carbocycles. The van der Waals surface area contributed by atoms with Crippen LogP contribution in [0.5, 0.6) is 0 Å². The molecule has 1 fully saturated rings. The first-order valence-electron chi connectivity index (χ1n) is 8.98. The summed E-state index contributed by atoms with van der Waals surface area (Å²) in [5, 5.41) is 0.930. The molecule has 2 aromatic carbocycles. The van der Waals surface area contributed by atoms with Crippen LogP contribution in [0.1, 0.15) is 26.9 Å². The summed E-state index contributed by atoms with van der Waals surface area (Å²) < 4.78 is 20.0. The highest BCUT2D eigenvalue weighted by Gasteiger charge is 2.30. The van der Waals surface area contributed by atoms with E-state index in [0.717, 1.165) is 21.2 Å². The Morgan fingerprint density at radius 2 is 1.93 bits per heavy atom. The first kappa shape index (κ1) is 18.6. The van der Waals surface area contributed by atoms with Crippen LogP contribution in [0.15, 0.2) is 48.5 Å². The van der Waals surface area contributed by atoms with Crippen molar-refractivity contribution in [2.45, 2.75) is 12.5 Å². The number of thiophene rings is 1. The van der Waals surface area contributed by atoms with E-state index in [2.05, 4.69) is 0 Å². The van der Waals surface area contributed by atoms with E-state index in [1.165, 1.54) is 23.5 Å². The van der Waals surface area contributed by atoms with Crippen molar-refractivity contribution in [1.29, 1.82) is 0 Å². The summed E-state index contributed by atoms with van der Waals surface area (Å²) in [5.41, 5.74) is 7.11. The van der Waals surface area contributed by atoms with E-state index in [4.69, 9.17) is 10.5 Å². The maximum absolute atomic E-state index is 13.1. The number of primary amides is 1. The fourth-order valence-corrected chi connectivity index (χ4v) is 4.61. The first-order valence-corrected chi connectivity index (χ1v) is 9.79.